The summed E-state index contributed by atoms with van der Waals surface area (Å²) in [7, 11) is 0. The summed E-state index contributed by atoms with van der Waals surface area (Å²) in [4.78, 5) is 73.5. The average Bonchev–Trinajstić information content (AvgIpc) is 1.92. The zero-order chi connectivity index (χ0) is 52.4. The summed E-state index contributed by atoms with van der Waals surface area (Å²) in [5.41, 5.74) is 12.9. The standard InChI is InChI=1S/2C32H18N8.2ClH.2H2O.2H4Si/c2*1-2-10-18-17(9-1)25-33-26(18)38-28-21-13-5-6-14-22(21)30(35-28)40-32-24-16-8-7-15-23(24)31(36-32)39-29-20-12-4-3-11-19(20)27(34-29)37-25;;;;;;/h2*1-16H,(H2,33,34,35,36,37,38,39,40);2*1H;2*1H2;2*1H4. The largest absolute Gasteiger partial charge is 0.412 e. The Morgan fingerprint density at radius 2 is 0.291 bits per heavy atom. The molecular weight excluding hydrogens is 1150 g/mol. The molecule has 0 amide bonds. The Kier molecular flexibility index (Phi) is 15.0. The topological polar surface area (TPSA) is 281 Å². The first-order valence-electron chi connectivity index (χ1n) is 26.0. The molecule has 0 atom stereocenters. The number of hydrogen-bond acceptors (Lipinski definition) is 12. The Hall–Kier alpha value is -10.6. The van der Waals surface area contributed by atoms with E-state index in [0.717, 1.165) is 87.6 Å². The SMILES string of the molecule is Cl.Cl.O.O.[SiH4].[SiH4].c1ccc2c(c1)-c1nc-2nc2[nH]c(nc3nc(nc4[nH]c(n1)c1ccccc41)-c1ccccc1-3)c1ccccc21.c1ccc2c(c1)-c1nc-2nc2[nH]c(nc3nc(nc4[nH]c(n1)c1ccccc41)-c1ccccc1-3)c1ccccc21. The summed E-state index contributed by atoms with van der Waals surface area (Å²) < 4.78 is 0. The van der Waals surface area contributed by atoms with E-state index < -0.39 is 0 Å². The zero-order valence-corrected chi connectivity index (χ0v) is 45.3. The van der Waals surface area contributed by atoms with Gasteiger partial charge in [-0.3, -0.25) is 0 Å². The molecule has 4 aliphatic heterocycles. The van der Waals surface area contributed by atoms with Crippen molar-refractivity contribution in [3.63, 3.8) is 0 Å². The molecule has 0 unspecified atom stereocenters. The van der Waals surface area contributed by atoms with Crippen molar-refractivity contribution < 1.29 is 11.0 Å². The second-order valence-corrected chi connectivity index (χ2v) is 19.6. The lowest BCUT2D eigenvalue weighted by molar-refractivity contribution is 0.823. The molecular formula is C64H50Cl2N16O2Si2. The highest BCUT2D eigenvalue weighted by atomic mass is 35.5. The molecule has 14 aromatic rings. The van der Waals surface area contributed by atoms with Gasteiger partial charge >= 0.3 is 0 Å². The van der Waals surface area contributed by atoms with Crippen molar-refractivity contribution in [1.82, 2.24) is 79.7 Å². The minimum absolute atomic E-state index is 0. The molecule has 420 valence electrons. The van der Waals surface area contributed by atoms with Gasteiger partial charge in [0.2, 0.25) is 0 Å². The van der Waals surface area contributed by atoms with E-state index in [4.69, 9.17) is 59.8 Å². The van der Waals surface area contributed by atoms with E-state index in [1.54, 1.807) is 0 Å². The van der Waals surface area contributed by atoms with Crippen LogP contribution in [-0.2, 0) is 0 Å². The lowest BCUT2D eigenvalue weighted by Gasteiger charge is -1.96. The highest BCUT2D eigenvalue weighted by molar-refractivity contribution is 6.08. The Morgan fingerprint density at radius 3 is 0.419 bits per heavy atom. The van der Waals surface area contributed by atoms with Crippen LogP contribution in [0.25, 0.3) is 179 Å². The van der Waals surface area contributed by atoms with Crippen molar-refractivity contribution in [3.05, 3.63) is 194 Å². The molecule has 6 aromatic heterocycles. The van der Waals surface area contributed by atoms with E-state index in [-0.39, 0.29) is 57.7 Å². The summed E-state index contributed by atoms with van der Waals surface area (Å²) in [5, 5.41) is 7.64. The third kappa shape index (κ3) is 9.12. The second-order valence-electron chi connectivity index (χ2n) is 19.6. The lowest BCUT2D eigenvalue weighted by Crippen LogP contribution is -1.83. The molecule has 18 nitrogen and oxygen atoms in total. The van der Waals surface area contributed by atoms with Crippen LogP contribution in [0.5, 0.6) is 0 Å². The molecule has 0 radical (unpaired) electrons. The molecule has 86 heavy (non-hydrogen) atoms. The third-order valence-corrected chi connectivity index (χ3v) is 14.9. The molecule has 22 heteroatoms. The monoisotopic (exact) mass is 1200 g/mol. The molecule has 0 saturated heterocycles. The van der Waals surface area contributed by atoms with E-state index in [2.05, 4.69) is 19.9 Å². The Labute approximate surface area is 508 Å². The fourth-order valence-corrected chi connectivity index (χ4v) is 11.2. The molecule has 0 fully saturated rings. The molecule has 16 bridgehead atoms. The number of aromatic nitrogens is 16. The first-order chi connectivity index (χ1) is 39.6. The van der Waals surface area contributed by atoms with Crippen molar-refractivity contribution >= 4 is 135 Å². The summed E-state index contributed by atoms with van der Waals surface area (Å²) in [6.07, 6.45) is 0. The van der Waals surface area contributed by atoms with E-state index in [1.807, 2.05) is 194 Å². The van der Waals surface area contributed by atoms with Crippen LogP contribution in [0.1, 0.15) is 0 Å². The average molecular weight is 1200 g/mol. The predicted octanol–water partition coefficient (Wildman–Crippen LogP) is 10.0. The molecule has 4 aliphatic rings. The molecule has 8 aromatic carbocycles. The molecule has 0 aliphatic carbocycles. The van der Waals surface area contributed by atoms with E-state index in [0.29, 0.717) is 91.8 Å². The first kappa shape index (κ1) is 57.2. The van der Waals surface area contributed by atoms with Gasteiger partial charge in [0.05, 0.1) is 0 Å². The van der Waals surface area contributed by atoms with Crippen LogP contribution in [0.3, 0.4) is 0 Å². The minimum atomic E-state index is 0. The molecule has 10 heterocycles. The van der Waals surface area contributed by atoms with Gasteiger partial charge in [-0.05, 0) is 21.9 Å². The minimum Gasteiger partial charge on any atom is -0.412 e. The van der Waals surface area contributed by atoms with Crippen molar-refractivity contribution in [2.45, 2.75) is 0 Å². The molecule has 0 saturated carbocycles. The fraction of sp³-hybridized carbons (Fsp3) is 0. The summed E-state index contributed by atoms with van der Waals surface area (Å²) >= 11 is 0. The number of halogens is 2. The third-order valence-electron chi connectivity index (χ3n) is 14.9. The maximum Gasteiger partial charge on any atom is 0.164 e. The smallest absolute Gasteiger partial charge is 0.164 e. The van der Waals surface area contributed by atoms with Gasteiger partial charge in [-0.15, -0.1) is 24.8 Å². The highest BCUT2D eigenvalue weighted by Gasteiger charge is 2.24. The van der Waals surface area contributed by atoms with E-state index in [1.165, 1.54) is 0 Å². The van der Waals surface area contributed by atoms with Gasteiger partial charge in [0.25, 0.3) is 0 Å². The quantitative estimate of drug-likeness (QED) is 0.103. The van der Waals surface area contributed by atoms with Crippen LogP contribution in [-0.4, -0.2) is 113 Å². The van der Waals surface area contributed by atoms with E-state index in [9.17, 15) is 0 Å². The van der Waals surface area contributed by atoms with Crippen LogP contribution in [0.2, 0.25) is 0 Å². The second kappa shape index (κ2) is 22.5. The molecule has 0 spiro atoms. The van der Waals surface area contributed by atoms with E-state index >= 15 is 0 Å². The van der Waals surface area contributed by atoms with Gasteiger partial charge < -0.3 is 30.9 Å². The summed E-state index contributed by atoms with van der Waals surface area (Å²) in [6.45, 7) is 0. The predicted molar refractivity (Wildman–Crippen MR) is 356 cm³/mol. The normalized spacial score (nSPS) is 11.2. The maximum atomic E-state index is 5.02. The highest BCUT2D eigenvalue weighted by Crippen LogP contribution is 2.39. The van der Waals surface area contributed by atoms with Gasteiger partial charge in [0.1, 0.15) is 45.2 Å². The zero-order valence-electron chi connectivity index (χ0n) is 43.7. The van der Waals surface area contributed by atoms with Crippen molar-refractivity contribution in [2.75, 3.05) is 0 Å². The van der Waals surface area contributed by atoms with Gasteiger partial charge in [-0.1, -0.05) is 194 Å². The van der Waals surface area contributed by atoms with Gasteiger partial charge in [0, 0.05) is 87.6 Å². The Morgan fingerprint density at radius 1 is 0.174 bits per heavy atom. The number of nitrogens with zero attached hydrogens (tertiary/aromatic N) is 12. The molecule has 8 N–H and O–H groups in total. The molecule has 18 rings (SSSR count). The number of rotatable bonds is 0. The number of H-pyrrole nitrogens is 4. The van der Waals surface area contributed by atoms with Crippen LogP contribution in [0.15, 0.2) is 194 Å². The van der Waals surface area contributed by atoms with Crippen molar-refractivity contribution in [2.24, 2.45) is 0 Å². The Balaban J connectivity index is 0.000000167. The lowest BCUT2D eigenvalue weighted by atomic mass is 10.1. The first-order valence-corrected chi connectivity index (χ1v) is 26.0. The van der Waals surface area contributed by atoms with Crippen molar-refractivity contribution in [1.29, 1.82) is 0 Å². The Bertz CT molecular complexity index is 4430. The summed E-state index contributed by atoms with van der Waals surface area (Å²) in [5.74, 6) is 4.78. The van der Waals surface area contributed by atoms with Crippen LogP contribution < -0.4 is 0 Å². The number of nitrogens with one attached hydrogen (secondary N) is 4. The fourth-order valence-electron chi connectivity index (χ4n) is 11.2. The summed E-state index contributed by atoms with van der Waals surface area (Å²) in [6, 6.07) is 64.5. The number of aromatic amines is 4. The van der Waals surface area contributed by atoms with Crippen molar-refractivity contribution in [3.8, 4) is 91.1 Å². The van der Waals surface area contributed by atoms with Crippen LogP contribution in [0, 0.1) is 0 Å². The number of benzene rings is 8. The van der Waals surface area contributed by atoms with Crippen LogP contribution in [0.4, 0.5) is 0 Å². The van der Waals surface area contributed by atoms with Crippen LogP contribution >= 0.6 is 24.8 Å². The van der Waals surface area contributed by atoms with Gasteiger partial charge in [0.15, 0.2) is 46.6 Å². The number of fused-ring (bicyclic) bond motifs is 40. The maximum absolute atomic E-state index is 5.02. The van der Waals surface area contributed by atoms with Gasteiger partial charge in [-0.2, -0.15) is 0 Å². The number of hydrogen-bond donors (Lipinski definition) is 4. The van der Waals surface area contributed by atoms with Gasteiger partial charge in [-0.25, -0.2) is 59.8 Å².